The number of ether oxygens (including phenoxy) is 1. The Kier molecular flexibility index (Phi) is 7.47. The minimum atomic E-state index is 0.251. The number of carbonyl (C=O) groups is 1. The Morgan fingerprint density at radius 2 is 1.50 bits per heavy atom. The van der Waals surface area contributed by atoms with Gasteiger partial charge in [0, 0.05) is 56.8 Å². The van der Waals surface area contributed by atoms with Crippen molar-refractivity contribution in [3.05, 3.63) is 29.8 Å². The van der Waals surface area contributed by atoms with E-state index in [2.05, 4.69) is 47.9 Å². The molecule has 0 radical (unpaired) electrons. The van der Waals surface area contributed by atoms with Crippen molar-refractivity contribution in [1.82, 2.24) is 14.7 Å². The first-order valence-electron chi connectivity index (χ1n) is 11.7. The highest BCUT2D eigenvalue weighted by Crippen LogP contribution is 2.30. The van der Waals surface area contributed by atoms with Crippen molar-refractivity contribution >= 4 is 17.8 Å². The van der Waals surface area contributed by atoms with Crippen molar-refractivity contribution in [2.75, 3.05) is 50.8 Å². The molecule has 3 heterocycles. The fourth-order valence-corrected chi connectivity index (χ4v) is 5.78. The highest BCUT2D eigenvalue weighted by Gasteiger charge is 2.28. The largest absolute Gasteiger partial charge is 0.490 e. The molecule has 2 amide bonds. The van der Waals surface area contributed by atoms with Crippen molar-refractivity contribution in [3.63, 3.8) is 0 Å². The fraction of sp³-hybridized carbons (Fsp3) is 0.708. The van der Waals surface area contributed by atoms with E-state index >= 15 is 0 Å². The Labute approximate surface area is 186 Å². The van der Waals surface area contributed by atoms with Gasteiger partial charge in [-0.2, -0.15) is 11.8 Å². The number of hydrogen-bond acceptors (Lipinski definition) is 4. The van der Waals surface area contributed by atoms with E-state index in [-0.39, 0.29) is 6.03 Å². The topological polar surface area (TPSA) is 36.0 Å². The summed E-state index contributed by atoms with van der Waals surface area (Å²) in [7, 11) is 0. The number of thioether (sulfide) groups is 1. The second-order valence-corrected chi connectivity index (χ2v) is 10.4. The maximum absolute atomic E-state index is 12.7. The number of carbonyl (C=O) groups excluding carboxylic acids is 1. The Bertz CT molecular complexity index is 674. The number of hydrogen-bond donors (Lipinski definition) is 0. The number of benzene rings is 1. The average molecular weight is 432 g/mol. The van der Waals surface area contributed by atoms with Gasteiger partial charge < -0.3 is 19.4 Å². The maximum Gasteiger partial charge on any atom is 0.320 e. The van der Waals surface area contributed by atoms with Gasteiger partial charge in [-0.1, -0.05) is 12.1 Å². The van der Waals surface area contributed by atoms with Gasteiger partial charge in [0.05, 0.1) is 0 Å². The van der Waals surface area contributed by atoms with E-state index in [0.29, 0.717) is 18.1 Å². The Balaban J connectivity index is 1.23. The molecule has 0 spiro atoms. The summed E-state index contributed by atoms with van der Waals surface area (Å²) < 4.78 is 6.25. The monoisotopic (exact) mass is 431 g/mol. The maximum atomic E-state index is 12.7. The molecule has 0 unspecified atom stereocenters. The van der Waals surface area contributed by atoms with Crippen LogP contribution in [0, 0.1) is 0 Å². The minimum Gasteiger partial charge on any atom is -0.490 e. The first-order valence-corrected chi connectivity index (χ1v) is 12.9. The van der Waals surface area contributed by atoms with E-state index < -0.39 is 0 Å². The van der Waals surface area contributed by atoms with E-state index in [0.717, 1.165) is 82.2 Å². The first kappa shape index (κ1) is 21.8. The summed E-state index contributed by atoms with van der Waals surface area (Å²) in [5.74, 6) is 3.70. The van der Waals surface area contributed by atoms with Crippen molar-refractivity contribution in [1.29, 1.82) is 0 Å². The van der Waals surface area contributed by atoms with Gasteiger partial charge in [0.2, 0.25) is 0 Å². The summed E-state index contributed by atoms with van der Waals surface area (Å²) in [6.45, 7) is 10.4. The van der Waals surface area contributed by atoms with Crippen LogP contribution in [0.1, 0.15) is 51.0 Å². The molecule has 3 aliphatic rings. The van der Waals surface area contributed by atoms with E-state index in [1.165, 1.54) is 5.56 Å². The molecule has 6 heteroatoms. The molecule has 4 rings (SSSR count). The lowest BCUT2D eigenvalue weighted by Gasteiger charge is -2.37. The fourth-order valence-electron chi connectivity index (χ4n) is 4.88. The molecule has 3 fully saturated rings. The van der Waals surface area contributed by atoms with Crippen LogP contribution in [-0.2, 0) is 0 Å². The summed E-state index contributed by atoms with van der Waals surface area (Å²) >= 11 is 1.95. The van der Waals surface area contributed by atoms with Crippen LogP contribution in [0.3, 0.4) is 0 Å². The van der Waals surface area contributed by atoms with Crippen molar-refractivity contribution in [3.8, 4) is 5.75 Å². The molecule has 0 aromatic heterocycles. The third kappa shape index (κ3) is 5.44. The van der Waals surface area contributed by atoms with Crippen LogP contribution in [-0.4, -0.2) is 83.7 Å². The van der Waals surface area contributed by atoms with Crippen LogP contribution in [0.15, 0.2) is 24.3 Å². The van der Waals surface area contributed by atoms with Gasteiger partial charge in [-0.3, -0.25) is 0 Å². The summed E-state index contributed by atoms with van der Waals surface area (Å²) in [4.78, 5) is 19.3. The second-order valence-electron chi connectivity index (χ2n) is 9.16. The molecule has 0 atom stereocenters. The lowest BCUT2D eigenvalue weighted by atomic mass is 9.89. The number of likely N-dealkylation sites (tertiary alicyclic amines) is 2. The Morgan fingerprint density at radius 1 is 0.900 bits per heavy atom. The average Bonchev–Trinajstić information content (AvgIpc) is 2.80. The first-order chi connectivity index (χ1) is 14.6. The molecule has 3 saturated heterocycles. The predicted molar refractivity (Wildman–Crippen MR) is 125 cm³/mol. The van der Waals surface area contributed by atoms with Crippen LogP contribution in [0.25, 0.3) is 0 Å². The quantitative estimate of drug-likeness (QED) is 0.713. The summed E-state index contributed by atoms with van der Waals surface area (Å²) in [6, 6.07) is 9.65. The van der Waals surface area contributed by atoms with Gasteiger partial charge in [0.1, 0.15) is 11.9 Å². The zero-order valence-corrected chi connectivity index (χ0v) is 19.4. The van der Waals surface area contributed by atoms with Crippen LogP contribution < -0.4 is 4.74 Å². The number of rotatable bonds is 4. The van der Waals surface area contributed by atoms with E-state index in [9.17, 15) is 4.79 Å². The van der Waals surface area contributed by atoms with Crippen LogP contribution in [0.5, 0.6) is 5.75 Å². The van der Waals surface area contributed by atoms with Gasteiger partial charge in [0.15, 0.2) is 0 Å². The molecule has 1 aromatic rings. The van der Waals surface area contributed by atoms with Crippen LogP contribution in [0.4, 0.5) is 4.79 Å². The molecule has 0 aliphatic carbocycles. The summed E-state index contributed by atoms with van der Waals surface area (Å²) in [5.41, 5.74) is 1.39. The highest BCUT2D eigenvalue weighted by atomic mass is 32.2. The van der Waals surface area contributed by atoms with Gasteiger partial charge in [-0.15, -0.1) is 0 Å². The number of urea groups is 1. The molecule has 1 aromatic carbocycles. The molecule has 5 nitrogen and oxygen atoms in total. The smallest absolute Gasteiger partial charge is 0.320 e. The third-order valence-corrected chi connectivity index (χ3v) is 7.85. The Hall–Kier alpha value is -1.40. The highest BCUT2D eigenvalue weighted by molar-refractivity contribution is 7.99. The van der Waals surface area contributed by atoms with Gasteiger partial charge in [-0.25, -0.2) is 4.79 Å². The summed E-state index contributed by atoms with van der Waals surface area (Å²) in [6.07, 6.45) is 4.68. The predicted octanol–water partition coefficient (Wildman–Crippen LogP) is 4.29. The van der Waals surface area contributed by atoms with Gasteiger partial charge in [0.25, 0.3) is 0 Å². The summed E-state index contributed by atoms with van der Waals surface area (Å²) in [5, 5.41) is 0. The molecule has 0 N–H and O–H groups in total. The molecule has 3 aliphatic heterocycles. The zero-order valence-electron chi connectivity index (χ0n) is 18.6. The molecular formula is C24H37N3O2S. The van der Waals surface area contributed by atoms with Crippen molar-refractivity contribution in [2.45, 2.75) is 57.6 Å². The third-order valence-electron chi connectivity index (χ3n) is 6.91. The van der Waals surface area contributed by atoms with Gasteiger partial charge in [-0.05, 0) is 63.1 Å². The van der Waals surface area contributed by atoms with E-state index in [1.807, 2.05) is 16.7 Å². The molecular weight excluding hydrogens is 394 g/mol. The SMILES string of the molecule is CC(C)N1CCC(Oc2ccc(C3CCN(C(=O)N4CCSCC4)CC3)cc2)CC1. The van der Waals surface area contributed by atoms with Crippen LogP contribution >= 0.6 is 11.8 Å². The minimum absolute atomic E-state index is 0.251. The van der Waals surface area contributed by atoms with Crippen LogP contribution in [0.2, 0.25) is 0 Å². The zero-order chi connectivity index (χ0) is 20.9. The number of piperidine rings is 2. The van der Waals surface area contributed by atoms with Crippen molar-refractivity contribution in [2.24, 2.45) is 0 Å². The van der Waals surface area contributed by atoms with Gasteiger partial charge >= 0.3 is 6.03 Å². The normalized spacial score (nSPS) is 22.5. The second kappa shape index (κ2) is 10.3. The lowest BCUT2D eigenvalue weighted by molar-refractivity contribution is 0.0843. The van der Waals surface area contributed by atoms with E-state index in [4.69, 9.17) is 4.74 Å². The number of nitrogens with zero attached hydrogens (tertiary/aromatic N) is 3. The molecule has 0 bridgehead atoms. The van der Waals surface area contributed by atoms with Crippen molar-refractivity contribution < 1.29 is 9.53 Å². The molecule has 166 valence electrons. The molecule has 0 saturated carbocycles. The van der Waals surface area contributed by atoms with E-state index in [1.54, 1.807) is 0 Å². The lowest BCUT2D eigenvalue weighted by Crippen LogP contribution is -2.49. The molecule has 30 heavy (non-hydrogen) atoms. The Morgan fingerprint density at radius 3 is 2.10 bits per heavy atom. The standard InChI is InChI=1S/C24H37N3O2S/c1-19(2)25-13-9-23(10-14-25)29-22-5-3-20(4-6-22)21-7-11-26(12-8-21)24(28)27-15-17-30-18-16-27/h3-6,19,21,23H,7-18H2,1-2H3. The number of amides is 2.